The van der Waals surface area contributed by atoms with Crippen molar-refractivity contribution in [2.45, 2.75) is 25.4 Å². The molecule has 1 aromatic carbocycles. The standard InChI is InChI=1S/C13H19FN2O/c1-9(15)12-7-10(14)3-4-13(12)16(2)11-5-6-17-8-11/h3-4,7,9,11H,5-6,8,15H2,1-2H3. The molecule has 17 heavy (non-hydrogen) atoms. The van der Waals surface area contributed by atoms with Gasteiger partial charge in [0.25, 0.3) is 0 Å². The number of anilines is 1. The number of hydrogen-bond donors (Lipinski definition) is 1. The summed E-state index contributed by atoms with van der Waals surface area (Å²) in [7, 11) is 2.01. The Hall–Kier alpha value is -1.13. The Bertz CT molecular complexity index is 389. The summed E-state index contributed by atoms with van der Waals surface area (Å²) in [6.45, 7) is 3.40. The van der Waals surface area contributed by atoms with E-state index in [1.807, 2.05) is 14.0 Å². The van der Waals surface area contributed by atoms with E-state index in [-0.39, 0.29) is 11.9 Å². The van der Waals surface area contributed by atoms with Crippen molar-refractivity contribution in [1.29, 1.82) is 0 Å². The normalized spacial score (nSPS) is 21.5. The quantitative estimate of drug-likeness (QED) is 0.876. The smallest absolute Gasteiger partial charge is 0.123 e. The zero-order chi connectivity index (χ0) is 12.4. The average Bonchev–Trinajstić information content (AvgIpc) is 2.81. The fraction of sp³-hybridized carbons (Fsp3) is 0.538. The molecule has 2 rings (SSSR count). The Morgan fingerprint density at radius 3 is 2.88 bits per heavy atom. The molecule has 0 radical (unpaired) electrons. The van der Waals surface area contributed by atoms with Gasteiger partial charge in [0.15, 0.2) is 0 Å². The Labute approximate surface area is 101 Å². The molecule has 1 aliphatic rings. The van der Waals surface area contributed by atoms with Gasteiger partial charge in [0.1, 0.15) is 5.82 Å². The molecule has 1 aromatic rings. The molecular weight excluding hydrogens is 219 g/mol. The van der Waals surface area contributed by atoms with E-state index in [2.05, 4.69) is 4.90 Å². The molecule has 0 saturated carbocycles. The number of likely N-dealkylation sites (N-methyl/N-ethyl adjacent to an activating group) is 1. The lowest BCUT2D eigenvalue weighted by Gasteiger charge is -2.28. The molecule has 0 bridgehead atoms. The summed E-state index contributed by atoms with van der Waals surface area (Å²) in [5, 5.41) is 0. The minimum absolute atomic E-state index is 0.175. The van der Waals surface area contributed by atoms with Crippen molar-refractivity contribution in [3.8, 4) is 0 Å². The van der Waals surface area contributed by atoms with Crippen LogP contribution < -0.4 is 10.6 Å². The predicted octanol–water partition coefficient (Wildman–Crippen LogP) is 2.07. The van der Waals surface area contributed by atoms with Gasteiger partial charge in [-0.2, -0.15) is 0 Å². The third-order valence-electron chi connectivity index (χ3n) is 3.31. The van der Waals surface area contributed by atoms with E-state index in [0.717, 1.165) is 30.9 Å². The van der Waals surface area contributed by atoms with Crippen LogP contribution in [0.2, 0.25) is 0 Å². The molecule has 0 aromatic heterocycles. The van der Waals surface area contributed by atoms with Gasteiger partial charge in [0, 0.05) is 25.4 Å². The zero-order valence-corrected chi connectivity index (χ0v) is 10.3. The summed E-state index contributed by atoms with van der Waals surface area (Å²) in [6, 6.07) is 4.98. The first-order valence-electron chi connectivity index (χ1n) is 5.95. The fourth-order valence-corrected chi connectivity index (χ4v) is 2.24. The molecule has 2 unspecified atom stereocenters. The zero-order valence-electron chi connectivity index (χ0n) is 10.3. The lowest BCUT2D eigenvalue weighted by Crippen LogP contribution is -2.33. The van der Waals surface area contributed by atoms with Crippen LogP contribution >= 0.6 is 0 Å². The van der Waals surface area contributed by atoms with Crippen LogP contribution in [-0.2, 0) is 4.74 Å². The fourth-order valence-electron chi connectivity index (χ4n) is 2.24. The van der Waals surface area contributed by atoms with Gasteiger partial charge in [0.05, 0.1) is 12.6 Å². The maximum atomic E-state index is 13.2. The molecule has 0 spiro atoms. The molecule has 1 fully saturated rings. The second-order valence-electron chi connectivity index (χ2n) is 4.62. The topological polar surface area (TPSA) is 38.5 Å². The Kier molecular flexibility index (Phi) is 3.64. The van der Waals surface area contributed by atoms with E-state index in [9.17, 15) is 4.39 Å². The molecule has 3 nitrogen and oxygen atoms in total. The lowest BCUT2D eigenvalue weighted by atomic mass is 10.0. The van der Waals surface area contributed by atoms with Gasteiger partial charge in [-0.05, 0) is 37.1 Å². The van der Waals surface area contributed by atoms with Crippen LogP contribution in [-0.4, -0.2) is 26.3 Å². The van der Waals surface area contributed by atoms with E-state index in [1.165, 1.54) is 12.1 Å². The molecule has 2 N–H and O–H groups in total. The van der Waals surface area contributed by atoms with Crippen LogP contribution in [0.5, 0.6) is 0 Å². The highest BCUT2D eigenvalue weighted by Gasteiger charge is 2.23. The minimum atomic E-state index is -0.239. The monoisotopic (exact) mass is 238 g/mol. The number of rotatable bonds is 3. The number of hydrogen-bond acceptors (Lipinski definition) is 3. The van der Waals surface area contributed by atoms with Crippen LogP contribution in [0.1, 0.15) is 24.9 Å². The second-order valence-corrected chi connectivity index (χ2v) is 4.62. The number of nitrogens with zero attached hydrogens (tertiary/aromatic N) is 1. The summed E-state index contributed by atoms with van der Waals surface area (Å²) < 4.78 is 18.6. The van der Waals surface area contributed by atoms with E-state index < -0.39 is 0 Å². The Balaban J connectivity index is 2.29. The van der Waals surface area contributed by atoms with Crippen molar-refractivity contribution in [2.24, 2.45) is 5.73 Å². The maximum Gasteiger partial charge on any atom is 0.123 e. The molecule has 0 amide bonds. The molecule has 1 aliphatic heterocycles. The third-order valence-corrected chi connectivity index (χ3v) is 3.31. The summed E-state index contributed by atoms with van der Waals surface area (Å²) in [5.74, 6) is -0.239. The molecule has 1 heterocycles. The van der Waals surface area contributed by atoms with Crippen molar-refractivity contribution in [2.75, 3.05) is 25.2 Å². The van der Waals surface area contributed by atoms with E-state index in [0.29, 0.717) is 6.04 Å². The van der Waals surface area contributed by atoms with Crippen LogP contribution in [0.4, 0.5) is 10.1 Å². The summed E-state index contributed by atoms with van der Waals surface area (Å²) >= 11 is 0. The van der Waals surface area contributed by atoms with Crippen LogP contribution in [0.25, 0.3) is 0 Å². The minimum Gasteiger partial charge on any atom is -0.379 e. The van der Waals surface area contributed by atoms with E-state index >= 15 is 0 Å². The van der Waals surface area contributed by atoms with Crippen molar-refractivity contribution < 1.29 is 9.13 Å². The average molecular weight is 238 g/mol. The SMILES string of the molecule is CC(N)c1cc(F)ccc1N(C)C1CCOC1. The van der Waals surface area contributed by atoms with Gasteiger partial charge in [-0.15, -0.1) is 0 Å². The van der Waals surface area contributed by atoms with Crippen molar-refractivity contribution in [1.82, 2.24) is 0 Å². The van der Waals surface area contributed by atoms with Crippen molar-refractivity contribution >= 4 is 5.69 Å². The highest BCUT2D eigenvalue weighted by molar-refractivity contribution is 5.55. The maximum absolute atomic E-state index is 13.2. The summed E-state index contributed by atoms with van der Waals surface area (Å²) in [5.41, 5.74) is 7.74. The third kappa shape index (κ3) is 2.58. The van der Waals surface area contributed by atoms with Crippen molar-refractivity contribution in [3.63, 3.8) is 0 Å². The van der Waals surface area contributed by atoms with E-state index in [1.54, 1.807) is 6.07 Å². The Morgan fingerprint density at radius 1 is 1.53 bits per heavy atom. The largest absolute Gasteiger partial charge is 0.379 e. The van der Waals surface area contributed by atoms with Crippen LogP contribution in [0.15, 0.2) is 18.2 Å². The van der Waals surface area contributed by atoms with Gasteiger partial charge in [-0.3, -0.25) is 0 Å². The second kappa shape index (κ2) is 5.02. The van der Waals surface area contributed by atoms with Crippen molar-refractivity contribution in [3.05, 3.63) is 29.6 Å². The van der Waals surface area contributed by atoms with Gasteiger partial charge >= 0.3 is 0 Å². The molecule has 2 atom stereocenters. The number of benzene rings is 1. The first kappa shape index (κ1) is 12.3. The van der Waals surface area contributed by atoms with Gasteiger partial charge in [-0.1, -0.05) is 0 Å². The number of ether oxygens (including phenoxy) is 1. The lowest BCUT2D eigenvalue weighted by molar-refractivity contribution is 0.193. The van der Waals surface area contributed by atoms with Gasteiger partial charge in [-0.25, -0.2) is 4.39 Å². The van der Waals surface area contributed by atoms with Crippen LogP contribution in [0, 0.1) is 5.82 Å². The molecule has 1 saturated heterocycles. The molecule has 4 heteroatoms. The van der Waals surface area contributed by atoms with Gasteiger partial charge in [0.2, 0.25) is 0 Å². The number of halogens is 1. The highest BCUT2D eigenvalue weighted by Crippen LogP contribution is 2.28. The molecular formula is C13H19FN2O. The van der Waals surface area contributed by atoms with Crippen LogP contribution in [0.3, 0.4) is 0 Å². The summed E-state index contributed by atoms with van der Waals surface area (Å²) in [4.78, 5) is 2.14. The molecule has 94 valence electrons. The first-order chi connectivity index (χ1) is 8.09. The molecule has 0 aliphatic carbocycles. The van der Waals surface area contributed by atoms with E-state index in [4.69, 9.17) is 10.5 Å². The van der Waals surface area contributed by atoms with Gasteiger partial charge < -0.3 is 15.4 Å². The Morgan fingerprint density at radius 2 is 2.29 bits per heavy atom. The number of nitrogens with two attached hydrogens (primary N) is 1. The predicted molar refractivity (Wildman–Crippen MR) is 66.6 cm³/mol. The summed E-state index contributed by atoms with van der Waals surface area (Å²) in [6.07, 6.45) is 1.01. The highest BCUT2D eigenvalue weighted by atomic mass is 19.1. The first-order valence-corrected chi connectivity index (χ1v) is 5.95.